The molecule has 21 heavy (non-hydrogen) atoms. The molecule has 1 atom stereocenters. The van der Waals surface area contributed by atoms with Gasteiger partial charge in [-0.25, -0.2) is 4.39 Å². The zero-order chi connectivity index (χ0) is 15.2. The van der Waals surface area contributed by atoms with E-state index >= 15 is 0 Å². The van der Waals surface area contributed by atoms with E-state index in [1.165, 1.54) is 6.07 Å². The fraction of sp³-hybridized carbons (Fsp3) is 0.562. The van der Waals surface area contributed by atoms with E-state index in [0.29, 0.717) is 38.3 Å². The standard InChI is InChI=1S/C16H24FN3O/c1-13(18)5-4-8-16(21)20-11-9-19(10-12-20)15-7-3-2-6-14(15)17/h2-3,6-7,13H,4-5,8-12,18H2,1H3. The Balaban J connectivity index is 1.80. The van der Waals surface area contributed by atoms with Crippen molar-refractivity contribution in [3.8, 4) is 0 Å². The smallest absolute Gasteiger partial charge is 0.222 e. The Hall–Kier alpha value is -1.62. The normalized spacial score (nSPS) is 16.9. The number of benzene rings is 1. The fourth-order valence-electron chi connectivity index (χ4n) is 2.64. The molecule has 1 aliphatic rings. The van der Waals surface area contributed by atoms with Gasteiger partial charge in [-0.05, 0) is 31.9 Å². The highest BCUT2D eigenvalue weighted by atomic mass is 19.1. The van der Waals surface area contributed by atoms with Gasteiger partial charge in [0, 0.05) is 38.6 Å². The van der Waals surface area contributed by atoms with Gasteiger partial charge >= 0.3 is 0 Å². The van der Waals surface area contributed by atoms with E-state index in [1.807, 2.05) is 22.8 Å². The van der Waals surface area contributed by atoms with Crippen molar-refractivity contribution in [2.24, 2.45) is 5.73 Å². The van der Waals surface area contributed by atoms with Crippen LogP contribution in [0, 0.1) is 5.82 Å². The number of amides is 1. The molecule has 0 aromatic heterocycles. The van der Waals surface area contributed by atoms with Gasteiger partial charge < -0.3 is 15.5 Å². The minimum absolute atomic E-state index is 0.149. The van der Waals surface area contributed by atoms with Crippen LogP contribution >= 0.6 is 0 Å². The van der Waals surface area contributed by atoms with Crippen LogP contribution in [0.15, 0.2) is 24.3 Å². The maximum Gasteiger partial charge on any atom is 0.222 e. The van der Waals surface area contributed by atoms with Crippen LogP contribution in [-0.2, 0) is 4.79 Å². The summed E-state index contributed by atoms with van der Waals surface area (Å²) in [6.07, 6.45) is 2.27. The van der Waals surface area contributed by atoms with Crippen LogP contribution in [0.4, 0.5) is 10.1 Å². The van der Waals surface area contributed by atoms with Gasteiger partial charge in [0.15, 0.2) is 0 Å². The summed E-state index contributed by atoms with van der Waals surface area (Å²) in [7, 11) is 0. The Morgan fingerprint density at radius 2 is 1.95 bits per heavy atom. The van der Waals surface area contributed by atoms with Crippen molar-refractivity contribution in [2.75, 3.05) is 31.1 Å². The number of hydrogen-bond donors (Lipinski definition) is 1. The van der Waals surface area contributed by atoms with Gasteiger partial charge in [0.05, 0.1) is 5.69 Å². The van der Waals surface area contributed by atoms with E-state index in [1.54, 1.807) is 12.1 Å². The summed E-state index contributed by atoms with van der Waals surface area (Å²) in [4.78, 5) is 16.0. The van der Waals surface area contributed by atoms with E-state index in [9.17, 15) is 9.18 Å². The van der Waals surface area contributed by atoms with Crippen molar-refractivity contribution in [1.29, 1.82) is 0 Å². The number of piperazine rings is 1. The molecule has 1 saturated heterocycles. The minimum atomic E-state index is -0.200. The predicted molar refractivity (Wildman–Crippen MR) is 82.7 cm³/mol. The molecule has 1 aromatic rings. The molecular formula is C16H24FN3O. The second-order valence-electron chi connectivity index (χ2n) is 5.69. The number of hydrogen-bond acceptors (Lipinski definition) is 3. The first-order valence-electron chi connectivity index (χ1n) is 7.61. The number of para-hydroxylation sites is 1. The highest BCUT2D eigenvalue weighted by molar-refractivity contribution is 5.76. The predicted octanol–water partition coefficient (Wildman–Crippen LogP) is 1.99. The molecule has 4 nitrogen and oxygen atoms in total. The SMILES string of the molecule is CC(N)CCCC(=O)N1CCN(c2ccccc2F)CC1. The highest BCUT2D eigenvalue weighted by Gasteiger charge is 2.22. The average molecular weight is 293 g/mol. The molecule has 1 fully saturated rings. The first-order valence-corrected chi connectivity index (χ1v) is 7.61. The molecule has 0 bridgehead atoms. The largest absolute Gasteiger partial charge is 0.366 e. The zero-order valence-electron chi connectivity index (χ0n) is 12.6. The third-order valence-corrected chi connectivity index (χ3v) is 3.88. The lowest BCUT2D eigenvalue weighted by Gasteiger charge is -2.36. The number of nitrogens with zero attached hydrogens (tertiary/aromatic N) is 2. The number of rotatable bonds is 5. The Morgan fingerprint density at radius 3 is 2.57 bits per heavy atom. The van der Waals surface area contributed by atoms with Gasteiger partial charge in [0.1, 0.15) is 5.82 Å². The Labute approximate surface area is 125 Å². The van der Waals surface area contributed by atoms with Crippen LogP contribution in [0.2, 0.25) is 0 Å². The van der Waals surface area contributed by atoms with E-state index in [-0.39, 0.29) is 17.8 Å². The maximum absolute atomic E-state index is 13.7. The molecule has 1 aliphatic heterocycles. The summed E-state index contributed by atoms with van der Waals surface area (Å²) in [5, 5.41) is 0. The van der Waals surface area contributed by atoms with Gasteiger partial charge in [-0.2, -0.15) is 0 Å². The molecule has 2 N–H and O–H groups in total. The first-order chi connectivity index (χ1) is 10.1. The molecule has 5 heteroatoms. The van der Waals surface area contributed by atoms with Gasteiger partial charge in [0.2, 0.25) is 5.91 Å². The lowest BCUT2D eigenvalue weighted by molar-refractivity contribution is -0.131. The molecule has 1 amide bonds. The van der Waals surface area contributed by atoms with Crippen LogP contribution in [-0.4, -0.2) is 43.0 Å². The molecule has 0 radical (unpaired) electrons. The fourth-order valence-corrected chi connectivity index (χ4v) is 2.64. The first kappa shape index (κ1) is 15.8. The summed E-state index contributed by atoms with van der Waals surface area (Å²) in [6, 6.07) is 6.94. The summed E-state index contributed by atoms with van der Waals surface area (Å²) in [5.41, 5.74) is 6.31. The quantitative estimate of drug-likeness (QED) is 0.903. The number of anilines is 1. The van der Waals surface area contributed by atoms with Gasteiger partial charge in [-0.3, -0.25) is 4.79 Å². The minimum Gasteiger partial charge on any atom is -0.366 e. The molecule has 0 saturated carbocycles. The maximum atomic E-state index is 13.7. The van der Waals surface area contributed by atoms with Crippen molar-refractivity contribution in [3.63, 3.8) is 0 Å². The summed E-state index contributed by atoms with van der Waals surface area (Å²) in [6.45, 7) is 4.63. The zero-order valence-corrected chi connectivity index (χ0v) is 12.6. The lowest BCUT2D eigenvalue weighted by atomic mass is 10.1. The van der Waals surface area contributed by atoms with E-state index in [2.05, 4.69) is 0 Å². The van der Waals surface area contributed by atoms with Crippen LogP contribution in [0.1, 0.15) is 26.2 Å². The van der Waals surface area contributed by atoms with Crippen LogP contribution in [0.3, 0.4) is 0 Å². The van der Waals surface area contributed by atoms with Crippen LogP contribution < -0.4 is 10.6 Å². The molecule has 0 aliphatic carbocycles. The Morgan fingerprint density at radius 1 is 1.29 bits per heavy atom. The molecule has 1 unspecified atom stereocenters. The highest BCUT2D eigenvalue weighted by Crippen LogP contribution is 2.20. The van der Waals surface area contributed by atoms with Crippen LogP contribution in [0.5, 0.6) is 0 Å². The van der Waals surface area contributed by atoms with Crippen LogP contribution in [0.25, 0.3) is 0 Å². The molecule has 1 heterocycles. The van der Waals surface area contributed by atoms with E-state index < -0.39 is 0 Å². The number of carbonyl (C=O) groups excluding carboxylic acids is 1. The van der Waals surface area contributed by atoms with Crippen molar-refractivity contribution in [1.82, 2.24) is 4.90 Å². The summed E-state index contributed by atoms with van der Waals surface area (Å²) >= 11 is 0. The number of nitrogens with two attached hydrogens (primary N) is 1. The molecule has 2 rings (SSSR count). The Bertz CT molecular complexity index is 470. The molecular weight excluding hydrogens is 269 g/mol. The lowest BCUT2D eigenvalue weighted by Crippen LogP contribution is -2.49. The monoisotopic (exact) mass is 293 g/mol. The summed E-state index contributed by atoms with van der Waals surface area (Å²) < 4.78 is 13.7. The molecule has 1 aromatic carbocycles. The number of halogens is 1. The third-order valence-electron chi connectivity index (χ3n) is 3.88. The second-order valence-corrected chi connectivity index (χ2v) is 5.69. The van der Waals surface area contributed by atoms with Gasteiger partial charge in [0.25, 0.3) is 0 Å². The second kappa shape index (κ2) is 7.41. The van der Waals surface area contributed by atoms with E-state index in [0.717, 1.165) is 12.8 Å². The average Bonchev–Trinajstić information content (AvgIpc) is 2.47. The third kappa shape index (κ3) is 4.43. The van der Waals surface area contributed by atoms with Crippen molar-refractivity contribution in [3.05, 3.63) is 30.1 Å². The van der Waals surface area contributed by atoms with Crippen molar-refractivity contribution in [2.45, 2.75) is 32.2 Å². The molecule has 0 spiro atoms. The number of carbonyl (C=O) groups is 1. The Kier molecular flexibility index (Phi) is 5.56. The van der Waals surface area contributed by atoms with Gasteiger partial charge in [-0.1, -0.05) is 12.1 Å². The van der Waals surface area contributed by atoms with Gasteiger partial charge in [-0.15, -0.1) is 0 Å². The molecule has 116 valence electrons. The topological polar surface area (TPSA) is 49.6 Å². The van der Waals surface area contributed by atoms with Crippen molar-refractivity contribution < 1.29 is 9.18 Å². The van der Waals surface area contributed by atoms with Crippen molar-refractivity contribution >= 4 is 11.6 Å². The summed E-state index contributed by atoms with van der Waals surface area (Å²) in [5.74, 6) is -0.0157. The van der Waals surface area contributed by atoms with E-state index in [4.69, 9.17) is 5.73 Å².